The van der Waals surface area contributed by atoms with Crippen LogP contribution in [0.5, 0.6) is 0 Å². The molecule has 0 spiro atoms. The predicted octanol–water partition coefficient (Wildman–Crippen LogP) is 2.61. The Morgan fingerprint density at radius 2 is 1.73 bits per heavy atom. The van der Waals surface area contributed by atoms with Gasteiger partial charge in [0.25, 0.3) is 0 Å². The highest BCUT2D eigenvalue weighted by Crippen LogP contribution is 2.20. The third kappa shape index (κ3) is 4.41. The fourth-order valence-electron chi connectivity index (χ4n) is 1.17. The minimum atomic E-state index is -3.17. The van der Waals surface area contributed by atoms with Crippen LogP contribution in [-0.2, 0) is 10.0 Å². The number of unbranched alkanes of at least 4 members (excludes halogenated alkanes) is 1. The van der Waals surface area contributed by atoms with Crippen molar-refractivity contribution < 1.29 is 8.42 Å². The molecule has 0 saturated heterocycles. The molecular formula is C10H22BrNO2S. The second-order valence-corrected chi connectivity index (χ2v) is 8.04. The summed E-state index contributed by atoms with van der Waals surface area (Å²) >= 11 is 3.30. The summed E-state index contributed by atoms with van der Waals surface area (Å²) in [6.45, 7) is 8.48. The van der Waals surface area contributed by atoms with Crippen LogP contribution in [0.25, 0.3) is 0 Å². The second-order valence-electron chi connectivity index (χ2n) is 4.56. The summed E-state index contributed by atoms with van der Waals surface area (Å²) in [5, 5.41) is 0.687. The van der Waals surface area contributed by atoms with E-state index >= 15 is 0 Å². The lowest BCUT2D eigenvalue weighted by molar-refractivity contribution is 0.404. The standard InChI is InChI=1S/C10H22BrNO2S/c1-5-6-8-12(9-7-11)15(13,14)10(2,3)4/h5-9H2,1-4H3. The highest BCUT2D eigenvalue weighted by atomic mass is 79.9. The zero-order valence-electron chi connectivity index (χ0n) is 10.1. The van der Waals surface area contributed by atoms with E-state index < -0.39 is 14.8 Å². The van der Waals surface area contributed by atoms with E-state index in [1.807, 2.05) is 0 Å². The number of rotatable bonds is 6. The molecule has 0 amide bonds. The lowest BCUT2D eigenvalue weighted by Gasteiger charge is -2.29. The summed E-state index contributed by atoms with van der Waals surface area (Å²) in [5.74, 6) is 0. The van der Waals surface area contributed by atoms with E-state index in [-0.39, 0.29) is 0 Å². The maximum Gasteiger partial charge on any atom is 0.219 e. The van der Waals surface area contributed by atoms with E-state index in [1.54, 1.807) is 25.1 Å². The first-order chi connectivity index (χ1) is 6.77. The molecule has 3 nitrogen and oxygen atoms in total. The summed E-state index contributed by atoms with van der Waals surface area (Å²) < 4.78 is 25.2. The summed E-state index contributed by atoms with van der Waals surface area (Å²) in [5.41, 5.74) is 0. The van der Waals surface area contributed by atoms with E-state index in [9.17, 15) is 8.42 Å². The minimum absolute atomic E-state index is 0.555. The normalized spacial score (nSPS) is 13.5. The molecule has 0 aromatic rings. The van der Waals surface area contributed by atoms with Crippen molar-refractivity contribution in [2.45, 2.75) is 45.3 Å². The average molecular weight is 300 g/mol. The van der Waals surface area contributed by atoms with Crippen molar-refractivity contribution in [1.29, 1.82) is 0 Å². The molecule has 0 unspecified atom stereocenters. The van der Waals surface area contributed by atoms with Gasteiger partial charge in [0.1, 0.15) is 0 Å². The minimum Gasteiger partial charge on any atom is -0.212 e. The van der Waals surface area contributed by atoms with Gasteiger partial charge in [-0.3, -0.25) is 0 Å². The SMILES string of the molecule is CCCCN(CCBr)S(=O)(=O)C(C)(C)C. The van der Waals surface area contributed by atoms with Crippen molar-refractivity contribution in [2.75, 3.05) is 18.4 Å². The lowest BCUT2D eigenvalue weighted by Crippen LogP contribution is -2.44. The fraction of sp³-hybridized carbons (Fsp3) is 1.00. The van der Waals surface area contributed by atoms with Crippen molar-refractivity contribution in [3.63, 3.8) is 0 Å². The Morgan fingerprint density at radius 3 is 2.07 bits per heavy atom. The first kappa shape index (κ1) is 15.4. The number of alkyl halides is 1. The molecule has 0 aliphatic carbocycles. The van der Waals surface area contributed by atoms with Crippen LogP contribution < -0.4 is 0 Å². The number of hydrogen-bond donors (Lipinski definition) is 0. The topological polar surface area (TPSA) is 37.4 Å². The lowest BCUT2D eigenvalue weighted by atomic mass is 10.3. The third-order valence-electron chi connectivity index (χ3n) is 2.21. The average Bonchev–Trinajstić information content (AvgIpc) is 2.10. The van der Waals surface area contributed by atoms with Gasteiger partial charge in [-0.2, -0.15) is 0 Å². The monoisotopic (exact) mass is 299 g/mol. The molecule has 92 valence electrons. The highest BCUT2D eigenvalue weighted by molar-refractivity contribution is 9.09. The zero-order valence-corrected chi connectivity index (χ0v) is 12.5. The Bertz CT molecular complexity index is 270. The molecule has 0 aromatic heterocycles. The molecule has 0 atom stereocenters. The van der Waals surface area contributed by atoms with E-state index in [1.165, 1.54) is 0 Å². The van der Waals surface area contributed by atoms with Crippen LogP contribution in [0.4, 0.5) is 0 Å². The van der Waals surface area contributed by atoms with Crippen molar-refractivity contribution in [1.82, 2.24) is 4.31 Å². The van der Waals surface area contributed by atoms with Crippen molar-refractivity contribution in [3.8, 4) is 0 Å². The van der Waals surface area contributed by atoms with Gasteiger partial charge in [-0.05, 0) is 27.2 Å². The van der Waals surface area contributed by atoms with Gasteiger partial charge in [0.2, 0.25) is 10.0 Å². The van der Waals surface area contributed by atoms with Crippen molar-refractivity contribution >= 4 is 26.0 Å². The Morgan fingerprint density at radius 1 is 1.20 bits per heavy atom. The van der Waals surface area contributed by atoms with E-state index in [4.69, 9.17) is 0 Å². The summed E-state index contributed by atoms with van der Waals surface area (Å²) in [4.78, 5) is 0. The predicted molar refractivity (Wildman–Crippen MR) is 68.9 cm³/mol. The summed E-state index contributed by atoms with van der Waals surface area (Å²) in [6.07, 6.45) is 1.93. The van der Waals surface area contributed by atoms with Gasteiger partial charge >= 0.3 is 0 Å². The van der Waals surface area contributed by atoms with E-state index in [2.05, 4.69) is 22.9 Å². The molecule has 0 aliphatic heterocycles. The second kappa shape index (κ2) is 6.21. The van der Waals surface area contributed by atoms with Crippen molar-refractivity contribution in [3.05, 3.63) is 0 Å². The van der Waals surface area contributed by atoms with E-state index in [0.717, 1.165) is 12.8 Å². The van der Waals surface area contributed by atoms with Crippen LogP contribution in [0.2, 0.25) is 0 Å². The van der Waals surface area contributed by atoms with Crippen LogP contribution >= 0.6 is 15.9 Å². The van der Waals surface area contributed by atoms with E-state index in [0.29, 0.717) is 18.4 Å². The van der Waals surface area contributed by atoms with Gasteiger partial charge in [-0.15, -0.1) is 0 Å². The Hall–Kier alpha value is 0.390. The highest BCUT2D eigenvalue weighted by Gasteiger charge is 2.34. The molecule has 0 fully saturated rings. The van der Waals surface area contributed by atoms with Crippen LogP contribution in [0, 0.1) is 0 Å². The largest absolute Gasteiger partial charge is 0.219 e. The summed E-state index contributed by atoms with van der Waals surface area (Å²) in [6, 6.07) is 0. The van der Waals surface area contributed by atoms with Gasteiger partial charge in [0.15, 0.2) is 0 Å². The molecule has 0 aliphatic rings. The maximum atomic E-state index is 12.2. The smallest absolute Gasteiger partial charge is 0.212 e. The van der Waals surface area contributed by atoms with Crippen LogP contribution in [0.15, 0.2) is 0 Å². The number of halogens is 1. The van der Waals surface area contributed by atoms with Crippen LogP contribution in [0.3, 0.4) is 0 Å². The van der Waals surface area contributed by atoms with Crippen LogP contribution in [-0.4, -0.2) is 35.9 Å². The quantitative estimate of drug-likeness (QED) is 0.707. The first-order valence-corrected chi connectivity index (χ1v) is 7.89. The zero-order chi connectivity index (χ0) is 12.1. The molecule has 0 heterocycles. The van der Waals surface area contributed by atoms with Crippen molar-refractivity contribution in [2.24, 2.45) is 0 Å². The molecule has 0 N–H and O–H groups in total. The molecular weight excluding hydrogens is 278 g/mol. The van der Waals surface area contributed by atoms with Gasteiger partial charge < -0.3 is 0 Å². The molecule has 0 bridgehead atoms. The fourth-order valence-corrected chi connectivity index (χ4v) is 3.31. The van der Waals surface area contributed by atoms with Gasteiger partial charge in [-0.25, -0.2) is 12.7 Å². The molecule has 5 heteroatoms. The molecule has 15 heavy (non-hydrogen) atoms. The third-order valence-corrected chi connectivity index (χ3v) is 5.16. The number of sulfonamides is 1. The molecule has 0 radical (unpaired) electrons. The van der Waals surface area contributed by atoms with Crippen LogP contribution in [0.1, 0.15) is 40.5 Å². The van der Waals surface area contributed by atoms with Gasteiger partial charge in [0, 0.05) is 18.4 Å². The first-order valence-electron chi connectivity index (χ1n) is 5.33. The molecule has 0 aromatic carbocycles. The number of hydrogen-bond acceptors (Lipinski definition) is 2. The van der Waals surface area contributed by atoms with Gasteiger partial charge in [0.05, 0.1) is 4.75 Å². The Labute approximate surface area is 102 Å². The number of nitrogens with zero attached hydrogens (tertiary/aromatic N) is 1. The van der Waals surface area contributed by atoms with Gasteiger partial charge in [-0.1, -0.05) is 29.3 Å². The Kier molecular flexibility index (Phi) is 6.37. The molecule has 0 saturated carbocycles. The Balaban J connectivity index is 4.75. The molecule has 0 rings (SSSR count). The summed E-state index contributed by atoms with van der Waals surface area (Å²) in [7, 11) is -3.17. The maximum absolute atomic E-state index is 12.2.